The van der Waals surface area contributed by atoms with Gasteiger partial charge in [0.25, 0.3) is 0 Å². The fraction of sp³-hybridized carbons (Fsp3) is 0.467. The highest BCUT2D eigenvalue weighted by Gasteiger charge is 2.19. The van der Waals surface area contributed by atoms with Gasteiger partial charge >= 0.3 is 6.09 Å². The molecule has 1 aromatic carbocycles. The van der Waals surface area contributed by atoms with Gasteiger partial charge in [0.2, 0.25) is 5.91 Å². The first-order valence-electron chi connectivity index (χ1n) is 6.47. The molecule has 0 unspecified atom stereocenters. The Labute approximate surface area is 119 Å². The van der Waals surface area contributed by atoms with Crippen molar-refractivity contribution in [2.75, 3.05) is 7.05 Å². The predicted octanol–water partition coefficient (Wildman–Crippen LogP) is 2.08. The zero-order valence-corrected chi connectivity index (χ0v) is 12.5. The summed E-state index contributed by atoms with van der Waals surface area (Å²) in [5.41, 5.74) is 6.46. The van der Waals surface area contributed by atoms with Gasteiger partial charge in [0.15, 0.2) is 0 Å². The van der Waals surface area contributed by atoms with Crippen LogP contribution in [0.1, 0.15) is 31.9 Å². The Kier molecular flexibility index (Phi) is 5.13. The minimum Gasteiger partial charge on any atom is -0.444 e. The molecule has 0 heterocycles. The van der Waals surface area contributed by atoms with Crippen molar-refractivity contribution in [3.63, 3.8) is 0 Å². The summed E-state index contributed by atoms with van der Waals surface area (Å²) < 4.78 is 5.27. The van der Waals surface area contributed by atoms with Crippen molar-refractivity contribution in [1.29, 1.82) is 0 Å². The quantitative estimate of drug-likeness (QED) is 0.916. The number of hydrogen-bond acceptors (Lipinski definition) is 3. The first kappa shape index (κ1) is 16.0. The van der Waals surface area contributed by atoms with Gasteiger partial charge in [0, 0.05) is 13.6 Å². The van der Waals surface area contributed by atoms with Crippen LogP contribution in [0, 0.1) is 0 Å². The normalized spacial score (nSPS) is 11.0. The van der Waals surface area contributed by atoms with Gasteiger partial charge in [0.1, 0.15) is 5.60 Å². The first-order valence-corrected chi connectivity index (χ1v) is 6.47. The summed E-state index contributed by atoms with van der Waals surface area (Å²) in [4.78, 5) is 24.1. The molecule has 5 nitrogen and oxygen atoms in total. The molecule has 0 bridgehead atoms. The van der Waals surface area contributed by atoms with Crippen molar-refractivity contribution in [2.45, 2.75) is 39.3 Å². The Balaban J connectivity index is 2.60. The lowest BCUT2D eigenvalue weighted by Crippen LogP contribution is -2.33. The van der Waals surface area contributed by atoms with E-state index in [1.54, 1.807) is 7.05 Å². The van der Waals surface area contributed by atoms with E-state index in [-0.39, 0.29) is 18.4 Å². The van der Waals surface area contributed by atoms with E-state index < -0.39 is 5.60 Å². The Bertz CT molecular complexity index is 475. The number of rotatable bonds is 4. The van der Waals surface area contributed by atoms with Crippen molar-refractivity contribution >= 4 is 12.0 Å². The van der Waals surface area contributed by atoms with Crippen LogP contribution in [0.15, 0.2) is 24.3 Å². The summed E-state index contributed by atoms with van der Waals surface area (Å²) in [6.45, 7) is 5.94. The minimum atomic E-state index is -0.503. The molecule has 2 amide bonds. The Hall–Kier alpha value is -2.04. The summed E-state index contributed by atoms with van der Waals surface area (Å²) >= 11 is 0. The van der Waals surface area contributed by atoms with Gasteiger partial charge in [-0.05, 0) is 31.9 Å². The van der Waals surface area contributed by atoms with Crippen LogP contribution < -0.4 is 5.73 Å². The number of hydrogen-bond donors (Lipinski definition) is 1. The van der Waals surface area contributed by atoms with E-state index in [4.69, 9.17) is 10.5 Å². The fourth-order valence-electron chi connectivity index (χ4n) is 1.64. The molecule has 0 spiro atoms. The molecule has 0 atom stereocenters. The average molecular weight is 278 g/mol. The van der Waals surface area contributed by atoms with E-state index >= 15 is 0 Å². The largest absolute Gasteiger partial charge is 0.444 e. The van der Waals surface area contributed by atoms with Gasteiger partial charge in [0.05, 0.1) is 6.42 Å². The molecule has 0 aromatic heterocycles. The van der Waals surface area contributed by atoms with Gasteiger partial charge in [-0.3, -0.25) is 4.79 Å². The molecule has 20 heavy (non-hydrogen) atoms. The zero-order chi connectivity index (χ0) is 15.3. The number of benzene rings is 1. The van der Waals surface area contributed by atoms with E-state index in [1.807, 2.05) is 45.0 Å². The van der Waals surface area contributed by atoms with Crippen LogP contribution in [-0.2, 0) is 22.5 Å². The second kappa shape index (κ2) is 6.41. The highest BCUT2D eigenvalue weighted by Crippen LogP contribution is 2.12. The van der Waals surface area contributed by atoms with E-state index in [1.165, 1.54) is 4.90 Å². The molecule has 0 aliphatic heterocycles. The van der Waals surface area contributed by atoms with Crippen LogP contribution in [0.3, 0.4) is 0 Å². The molecule has 0 saturated heterocycles. The van der Waals surface area contributed by atoms with E-state index in [0.717, 1.165) is 11.1 Å². The van der Waals surface area contributed by atoms with Crippen molar-refractivity contribution in [1.82, 2.24) is 4.90 Å². The maximum Gasteiger partial charge on any atom is 0.410 e. The second-order valence-corrected chi connectivity index (χ2v) is 5.80. The van der Waals surface area contributed by atoms with Crippen LogP contribution in [0.25, 0.3) is 0 Å². The summed E-state index contributed by atoms with van der Waals surface area (Å²) in [5.74, 6) is -0.358. The summed E-state index contributed by atoms with van der Waals surface area (Å²) in [5, 5.41) is 0. The molecule has 5 heteroatoms. The highest BCUT2D eigenvalue weighted by atomic mass is 16.6. The van der Waals surface area contributed by atoms with Crippen molar-refractivity contribution in [3.05, 3.63) is 35.4 Å². The molecule has 110 valence electrons. The van der Waals surface area contributed by atoms with E-state index in [0.29, 0.717) is 6.54 Å². The summed E-state index contributed by atoms with van der Waals surface area (Å²) in [6, 6.07) is 7.42. The Morgan fingerprint density at radius 2 is 1.65 bits per heavy atom. The van der Waals surface area contributed by atoms with Crippen LogP contribution >= 0.6 is 0 Å². The molecule has 0 radical (unpaired) electrons. The number of amides is 2. The number of primary amides is 1. The third kappa shape index (κ3) is 5.73. The van der Waals surface area contributed by atoms with Crippen molar-refractivity contribution in [3.8, 4) is 0 Å². The Morgan fingerprint density at radius 1 is 1.15 bits per heavy atom. The lowest BCUT2D eigenvalue weighted by Gasteiger charge is -2.24. The number of nitrogens with zero attached hydrogens (tertiary/aromatic N) is 1. The maximum absolute atomic E-state index is 11.8. The lowest BCUT2D eigenvalue weighted by molar-refractivity contribution is -0.117. The maximum atomic E-state index is 11.8. The van der Waals surface area contributed by atoms with Gasteiger partial charge < -0.3 is 15.4 Å². The van der Waals surface area contributed by atoms with Gasteiger partial charge in [-0.15, -0.1) is 0 Å². The molecule has 0 aliphatic carbocycles. The van der Waals surface area contributed by atoms with Crippen molar-refractivity contribution in [2.24, 2.45) is 5.73 Å². The highest BCUT2D eigenvalue weighted by molar-refractivity contribution is 5.76. The van der Waals surface area contributed by atoms with Gasteiger partial charge in [-0.1, -0.05) is 24.3 Å². The standard InChI is InChI=1S/C15H22N2O3/c1-15(2,3)20-14(19)17(4)10-12-7-5-11(6-8-12)9-13(16)18/h5-8H,9-10H2,1-4H3,(H2,16,18). The zero-order valence-electron chi connectivity index (χ0n) is 12.5. The summed E-state index contributed by atoms with van der Waals surface area (Å²) in [7, 11) is 1.69. The topological polar surface area (TPSA) is 72.6 Å². The fourth-order valence-corrected chi connectivity index (χ4v) is 1.64. The molecule has 1 rings (SSSR count). The number of nitrogens with two attached hydrogens (primary N) is 1. The molecule has 1 aromatic rings. The predicted molar refractivity (Wildman–Crippen MR) is 77.0 cm³/mol. The molecule has 2 N–H and O–H groups in total. The summed E-state index contributed by atoms with van der Waals surface area (Å²) in [6.07, 6.45) is -0.138. The third-order valence-electron chi connectivity index (χ3n) is 2.53. The molecule has 0 fully saturated rings. The van der Waals surface area contributed by atoms with Gasteiger partial charge in [-0.2, -0.15) is 0 Å². The minimum absolute atomic E-state index is 0.224. The lowest BCUT2D eigenvalue weighted by atomic mass is 10.1. The number of ether oxygens (including phenoxy) is 1. The average Bonchev–Trinajstić information content (AvgIpc) is 2.28. The van der Waals surface area contributed by atoms with E-state index in [9.17, 15) is 9.59 Å². The second-order valence-electron chi connectivity index (χ2n) is 5.80. The van der Waals surface area contributed by atoms with Crippen molar-refractivity contribution < 1.29 is 14.3 Å². The van der Waals surface area contributed by atoms with E-state index in [2.05, 4.69) is 0 Å². The molecular weight excluding hydrogens is 256 g/mol. The smallest absolute Gasteiger partial charge is 0.410 e. The third-order valence-corrected chi connectivity index (χ3v) is 2.53. The first-order chi connectivity index (χ1) is 9.17. The van der Waals surface area contributed by atoms with Gasteiger partial charge in [-0.25, -0.2) is 4.79 Å². The molecular formula is C15H22N2O3. The number of carbonyl (C=O) groups excluding carboxylic acids is 2. The monoisotopic (exact) mass is 278 g/mol. The molecule has 0 saturated carbocycles. The van der Waals surface area contributed by atoms with Crippen LogP contribution in [0.5, 0.6) is 0 Å². The SMILES string of the molecule is CN(Cc1ccc(CC(N)=O)cc1)C(=O)OC(C)(C)C. The Morgan fingerprint density at radius 3 is 2.10 bits per heavy atom. The van der Waals surface area contributed by atoms with Crippen LogP contribution in [-0.4, -0.2) is 29.5 Å². The van der Waals surface area contributed by atoms with Crippen LogP contribution in [0.4, 0.5) is 4.79 Å². The van der Waals surface area contributed by atoms with Crippen LogP contribution in [0.2, 0.25) is 0 Å². The molecule has 0 aliphatic rings. The number of carbonyl (C=O) groups is 2.